The van der Waals surface area contributed by atoms with E-state index in [9.17, 15) is 4.79 Å². The van der Waals surface area contributed by atoms with Crippen LogP contribution in [0.1, 0.15) is 0 Å². The summed E-state index contributed by atoms with van der Waals surface area (Å²) in [6.07, 6.45) is 3.52. The smallest absolute Gasteiger partial charge is 0.239 e. The molecule has 1 aromatic carbocycles. The first-order valence-corrected chi connectivity index (χ1v) is 8.49. The number of para-hydroxylation sites is 1. The first kappa shape index (κ1) is 16.3. The molecule has 0 atom stereocenters. The van der Waals surface area contributed by atoms with E-state index in [1.807, 2.05) is 18.3 Å². The molecule has 4 rings (SSSR count). The van der Waals surface area contributed by atoms with Gasteiger partial charge in [0.1, 0.15) is 5.52 Å². The van der Waals surface area contributed by atoms with Crippen LogP contribution in [0.5, 0.6) is 0 Å². The molecule has 0 unspecified atom stereocenters. The maximum atomic E-state index is 12.1. The topological polar surface area (TPSA) is 101 Å². The molecule has 9 heteroatoms. The molecule has 0 radical (unpaired) electrons. The number of nitrogens with zero attached hydrogens (tertiary/aromatic N) is 4. The molecular weight excluding hydrogens is 354 g/mol. The van der Waals surface area contributed by atoms with E-state index >= 15 is 0 Å². The highest BCUT2D eigenvalue weighted by Crippen LogP contribution is 2.18. The molecule has 0 spiro atoms. The lowest BCUT2D eigenvalue weighted by Crippen LogP contribution is -2.32. The molecule has 0 aliphatic carbocycles. The number of carbonyl (C=O) groups excluding carboxylic acids is 1. The maximum absolute atomic E-state index is 12.1. The minimum atomic E-state index is -0.135. The van der Waals surface area contributed by atoms with Gasteiger partial charge in [0.2, 0.25) is 11.2 Å². The van der Waals surface area contributed by atoms with Gasteiger partial charge < -0.3 is 20.2 Å². The summed E-state index contributed by atoms with van der Waals surface area (Å²) in [5, 5.41) is 7.11. The number of benzene rings is 1. The van der Waals surface area contributed by atoms with E-state index in [4.69, 9.17) is 11.6 Å². The zero-order chi connectivity index (χ0) is 17.9. The van der Waals surface area contributed by atoms with Crippen molar-refractivity contribution in [1.82, 2.24) is 29.8 Å². The van der Waals surface area contributed by atoms with E-state index in [1.54, 1.807) is 0 Å². The Morgan fingerprint density at radius 2 is 2.12 bits per heavy atom. The summed E-state index contributed by atoms with van der Waals surface area (Å²) >= 11 is 5.87. The van der Waals surface area contributed by atoms with Crippen LogP contribution in [0.4, 0.5) is 5.82 Å². The van der Waals surface area contributed by atoms with Gasteiger partial charge in [-0.2, -0.15) is 9.97 Å². The third-order valence-corrected chi connectivity index (χ3v) is 4.20. The minimum Gasteiger partial charge on any atom is -0.359 e. The van der Waals surface area contributed by atoms with Gasteiger partial charge in [0.15, 0.2) is 11.5 Å². The van der Waals surface area contributed by atoms with Crippen LogP contribution in [0.25, 0.3) is 22.1 Å². The molecule has 4 aromatic rings. The molecule has 132 valence electrons. The van der Waals surface area contributed by atoms with Crippen molar-refractivity contribution in [2.75, 3.05) is 18.4 Å². The number of imidazole rings is 1. The molecule has 3 heterocycles. The summed E-state index contributed by atoms with van der Waals surface area (Å²) in [7, 11) is 0. The Balaban J connectivity index is 1.32. The summed E-state index contributed by atoms with van der Waals surface area (Å²) < 4.78 is 2.11. The predicted molar refractivity (Wildman–Crippen MR) is 100 cm³/mol. The number of rotatable bonds is 6. The number of anilines is 1. The van der Waals surface area contributed by atoms with Gasteiger partial charge in [0.05, 0.1) is 12.9 Å². The molecule has 26 heavy (non-hydrogen) atoms. The standard InChI is InChI=1S/C17H16ClN7O/c18-17-23-15(14-16(24-17)22-10-21-14)20-9-13(26)19-6-8-25-7-5-11-3-1-2-4-12(11)25/h1-5,7,10H,6,8-9H2,(H,19,26)(H2,20,21,22,23,24). The normalized spacial score (nSPS) is 11.1. The van der Waals surface area contributed by atoms with E-state index in [0.29, 0.717) is 30.1 Å². The molecule has 0 saturated carbocycles. The quantitative estimate of drug-likeness (QED) is 0.452. The fourth-order valence-electron chi connectivity index (χ4n) is 2.81. The van der Waals surface area contributed by atoms with Gasteiger partial charge in [0.25, 0.3) is 0 Å². The predicted octanol–water partition coefficient (Wildman–Crippen LogP) is 2.19. The lowest BCUT2D eigenvalue weighted by Gasteiger charge is -2.09. The van der Waals surface area contributed by atoms with Crippen LogP contribution >= 0.6 is 11.6 Å². The molecule has 0 fully saturated rings. The van der Waals surface area contributed by atoms with E-state index in [-0.39, 0.29) is 17.7 Å². The second-order valence-corrected chi connectivity index (χ2v) is 6.05. The molecular formula is C17H16ClN7O. The summed E-state index contributed by atoms with van der Waals surface area (Å²) in [6, 6.07) is 10.2. The van der Waals surface area contributed by atoms with Gasteiger partial charge in [-0.25, -0.2) is 4.98 Å². The number of nitrogens with one attached hydrogen (secondary N) is 3. The SMILES string of the molecule is O=C(CNc1nc(Cl)nc2nc[nH]c12)NCCn1ccc2ccccc21. The number of aromatic amines is 1. The largest absolute Gasteiger partial charge is 0.359 e. The number of carbonyl (C=O) groups is 1. The number of halogens is 1. The second-order valence-electron chi connectivity index (χ2n) is 5.71. The van der Waals surface area contributed by atoms with Crippen molar-refractivity contribution in [3.05, 3.63) is 48.1 Å². The number of amides is 1. The number of aromatic nitrogens is 5. The summed E-state index contributed by atoms with van der Waals surface area (Å²) in [6.45, 7) is 1.31. The van der Waals surface area contributed by atoms with Crippen molar-refractivity contribution < 1.29 is 4.79 Å². The van der Waals surface area contributed by atoms with Crippen molar-refractivity contribution >= 4 is 45.4 Å². The highest BCUT2D eigenvalue weighted by Gasteiger charge is 2.10. The van der Waals surface area contributed by atoms with Crippen molar-refractivity contribution in [3.63, 3.8) is 0 Å². The average Bonchev–Trinajstić information content (AvgIpc) is 3.27. The van der Waals surface area contributed by atoms with Crippen LogP contribution < -0.4 is 10.6 Å². The van der Waals surface area contributed by atoms with Crippen molar-refractivity contribution in [2.45, 2.75) is 6.54 Å². The maximum Gasteiger partial charge on any atom is 0.239 e. The molecule has 3 aromatic heterocycles. The zero-order valence-electron chi connectivity index (χ0n) is 13.7. The van der Waals surface area contributed by atoms with Gasteiger partial charge in [-0.15, -0.1) is 0 Å². The number of H-pyrrole nitrogens is 1. The zero-order valence-corrected chi connectivity index (χ0v) is 14.5. The van der Waals surface area contributed by atoms with Crippen molar-refractivity contribution in [3.8, 4) is 0 Å². The van der Waals surface area contributed by atoms with Gasteiger partial charge in [0, 0.05) is 24.8 Å². The van der Waals surface area contributed by atoms with E-state index in [0.717, 1.165) is 5.52 Å². The van der Waals surface area contributed by atoms with Gasteiger partial charge in [-0.1, -0.05) is 18.2 Å². The molecule has 3 N–H and O–H groups in total. The van der Waals surface area contributed by atoms with Crippen LogP contribution in [0.2, 0.25) is 5.28 Å². The van der Waals surface area contributed by atoms with Crippen LogP contribution in [-0.2, 0) is 11.3 Å². The Hall–Kier alpha value is -3.13. The van der Waals surface area contributed by atoms with Crippen LogP contribution in [0, 0.1) is 0 Å². The Kier molecular flexibility index (Phi) is 4.40. The van der Waals surface area contributed by atoms with Crippen LogP contribution in [-0.4, -0.2) is 43.5 Å². The Morgan fingerprint density at radius 3 is 3.04 bits per heavy atom. The summed E-state index contributed by atoms with van der Waals surface area (Å²) in [5.41, 5.74) is 2.21. The first-order chi connectivity index (χ1) is 12.7. The second kappa shape index (κ2) is 7.01. The number of fused-ring (bicyclic) bond motifs is 2. The third-order valence-electron chi connectivity index (χ3n) is 4.03. The summed E-state index contributed by atoms with van der Waals surface area (Å²) in [5.74, 6) is 0.313. The fraction of sp³-hybridized carbons (Fsp3) is 0.176. The van der Waals surface area contributed by atoms with E-state index < -0.39 is 0 Å². The lowest BCUT2D eigenvalue weighted by molar-refractivity contribution is -0.119. The molecule has 8 nitrogen and oxygen atoms in total. The lowest BCUT2D eigenvalue weighted by atomic mass is 10.2. The van der Waals surface area contributed by atoms with Gasteiger partial charge in [-0.05, 0) is 29.1 Å². The first-order valence-electron chi connectivity index (χ1n) is 8.12. The highest BCUT2D eigenvalue weighted by atomic mass is 35.5. The van der Waals surface area contributed by atoms with Crippen LogP contribution in [0.15, 0.2) is 42.9 Å². The summed E-state index contributed by atoms with van der Waals surface area (Å²) in [4.78, 5) is 27.1. The minimum absolute atomic E-state index is 0.0759. The average molecular weight is 370 g/mol. The monoisotopic (exact) mass is 369 g/mol. The molecule has 0 bridgehead atoms. The van der Waals surface area contributed by atoms with E-state index in [2.05, 4.69) is 53.3 Å². The molecule has 0 aliphatic heterocycles. The Labute approximate surface area is 153 Å². The fourth-order valence-corrected chi connectivity index (χ4v) is 2.98. The van der Waals surface area contributed by atoms with Crippen molar-refractivity contribution in [1.29, 1.82) is 0 Å². The Bertz CT molecular complexity index is 1070. The number of hydrogen-bond acceptors (Lipinski definition) is 5. The third kappa shape index (κ3) is 3.31. The van der Waals surface area contributed by atoms with Gasteiger partial charge >= 0.3 is 0 Å². The Morgan fingerprint density at radius 1 is 1.23 bits per heavy atom. The number of hydrogen-bond donors (Lipinski definition) is 3. The van der Waals surface area contributed by atoms with Crippen LogP contribution in [0.3, 0.4) is 0 Å². The molecule has 1 amide bonds. The highest BCUT2D eigenvalue weighted by molar-refractivity contribution is 6.28. The van der Waals surface area contributed by atoms with E-state index in [1.165, 1.54) is 11.7 Å². The van der Waals surface area contributed by atoms with Crippen molar-refractivity contribution in [2.24, 2.45) is 0 Å². The molecule has 0 aliphatic rings. The van der Waals surface area contributed by atoms with Gasteiger partial charge in [-0.3, -0.25) is 4.79 Å². The molecule has 0 saturated heterocycles.